The minimum atomic E-state index is 0.412. The average Bonchev–Trinajstić information content (AvgIpc) is 3.14. The summed E-state index contributed by atoms with van der Waals surface area (Å²) in [5, 5.41) is 3.32. The van der Waals surface area contributed by atoms with E-state index < -0.39 is 0 Å². The Morgan fingerprint density at radius 3 is 2.60 bits per heavy atom. The Kier molecular flexibility index (Phi) is 5.64. The fourth-order valence-corrected chi connectivity index (χ4v) is 2.60. The zero-order valence-corrected chi connectivity index (χ0v) is 14.3. The molecular weight excluding hydrogens is 312 g/mol. The van der Waals surface area contributed by atoms with Crippen molar-refractivity contribution in [3.05, 3.63) is 55.0 Å². The van der Waals surface area contributed by atoms with Gasteiger partial charge in [-0.25, -0.2) is 9.97 Å². The SMILES string of the molecule is CC1CCCN1.Nc1cc(-c2cccnc2)nc(-c2ccccn2)n1. The van der Waals surface area contributed by atoms with Crippen molar-refractivity contribution in [1.82, 2.24) is 25.3 Å². The summed E-state index contributed by atoms with van der Waals surface area (Å²) in [6.45, 7) is 3.47. The maximum atomic E-state index is 5.83. The van der Waals surface area contributed by atoms with E-state index in [9.17, 15) is 0 Å². The number of hydrogen-bond acceptors (Lipinski definition) is 6. The molecule has 128 valence electrons. The lowest BCUT2D eigenvalue weighted by atomic mass is 10.2. The van der Waals surface area contributed by atoms with Gasteiger partial charge in [-0.2, -0.15) is 0 Å². The predicted molar refractivity (Wildman–Crippen MR) is 99.6 cm³/mol. The summed E-state index contributed by atoms with van der Waals surface area (Å²) >= 11 is 0. The Morgan fingerprint density at radius 2 is 2.00 bits per heavy atom. The topological polar surface area (TPSA) is 89.6 Å². The highest BCUT2D eigenvalue weighted by molar-refractivity contribution is 5.64. The largest absolute Gasteiger partial charge is 0.384 e. The van der Waals surface area contributed by atoms with Crippen LogP contribution in [0.5, 0.6) is 0 Å². The van der Waals surface area contributed by atoms with Gasteiger partial charge in [0.2, 0.25) is 0 Å². The summed E-state index contributed by atoms with van der Waals surface area (Å²) in [7, 11) is 0. The molecule has 0 radical (unpaired) electrons. The third-order valence-electron chi connectivity index (χ3n) is 3.90. The normalized spacial score (nSPS) is 16.1. The minimum absolute atomic E-state index is 0.412. The number of nitrogen functional groups attached to an aromatic ring is 1. The van der Waals surface area contributed by atoms with Crippen LogP contribution < -0.4 is 11.1 Å². The minimum Gasteiger partial charge on any atom is -0.384 e. The first kappa shape index (κ1) is 17.0. The molecular formula is C19H22N6. The van der Waals surface area contributed by atoms with Gasteiger partial charge in [-0.15, -0.1) is 0 Å². The molecule has 0 bridgehead atoms. The molecule has 1 saturated heterocycles. The number of pyridine rings is 2. The van der Waals surface area contributed by atoms with Crippen LogP contribution in [0.1, 0.15) is 19.8 Å². The molecule has 4 heterocycles. The van der Waals surface area contributed by atoms with Crippen molar-refractivity contribution in [2.24, 2.45) is 0 Å². The van der Waals surface area contributed by atoms with Crippen LogP contribution in [0.2, 0.25) is 0 Å². The lowest BCUT2D eigenvalue weighted by molar-refractivity contribution is 0.664. The standard InChI is InChI=1S/C14H11N5.C5H11N/c15-13-8-12(10-4-3-6-16-9-10)18-14(19-13)11-5-1-2-7-17-11;1-5-3-2-4-6-5/h1-9H,(H2,15,18,19);5-6H,2-4H2,1H3. The summed E-state index contributed by atoms with van der Waals surface area (Å²) in [4.78, 5) is 17.0. The van der Waals surface area contributed by atoms with Crippen molar-refractivity contribution < 1.29 is 0 Å². The molecule has 6 heteroatoms. The van der Waals surface area contributed by atoms with Crippen LogP contribution in [-0.2, 0) is 0 Å². The molecule has 6 nitrogen and oxygen atoms in total. The zero-order valence-electron chi connectivity index (χ0n) is 14.3. The molecule has 1 atom stereocenters. The van der Waals surface area contributed by atoms with Crippen LogP contribution in [0.15, 0.2) is 55.0 Å². The summed E-state index contributed by atoms with van der Waals surface area (Å²) in [5.74, 6) is 0.925. The van der Waals surface area contributed by atoms with Crippen LogP contribution >= 0.6 is 0 Å². The summed E-state index contributed by atoms with van der Waals surface area (Å²) in [6.07, 6.45) is 7.91. The number of aromatic nitrogens is 4. The Morgan fingerprint density at radius 1 is 1.08 bits per heavy atom. The van der Waals surface area contributed by atoms with E-state index in [0.717, 1.165) is 17.3 Å². The highest BCUT2D eigenvalue weighted by Crippen LogP contribution is 2.21. The second kappa shape index (κ2) is 8.30. The first-order valence-electron chi connectivity index (χ1n) is 8.42. The molecule has 1 aliphatic rings. The van der Waals surface area contributed by atoms with Gasteiger partial charge in [0.1, 0.15) is 11.5 Å². The van der Waals surface area contributed by atoms with E-state index in [2.05, 4.69) is 32.2 Å². The van der Waals surface area contributed by atoms with Gasteiger partial charge in [-0.1, -0.05) is 6.07 Å². The second-order valence-corrected chi connectivity index (χ2v) is 5.96. The van der Waals surface area contributed by atoms with Crippen molar-refractivity contribution in [2.45, 2.75) is 25.8 Å². The van der Waals surface area contributed by atoms with E-state index in [1.165, 1.54) is 19.4 Å². The number of nitrogens with one attached hydrogen (secondary N) is 1. The van der Waals surface area contributed by atoms with E-state index in [0.29, 0.717) is 17.3 Å². The summed E-state index contributed by atoms with van der Waals surface area (Å²) in [5.41, 5.74) is 8.16. The molecule has 25 heavy (non-hydrogen) atoms. The van der Waals surface area contributed by atoms with Crippen LogP contribution in [0, 0.1) is 0 Å². The molecule has 1 aliphatic heterocycles. The molecule has 1 fully saturated rings. The summed E-state index contributed by atoms with van der Waals surface area (Å²) < 4.78 is 0. The monoisotopic (exact) mass is 334 g/mol. The van der Waals surface area contributed by atoms with Gasteiger partial charge in [0, 0.05) is 36.3 Å². The van der Waals surface area contributed by atoms with Crippen molar-refractivity contribution >= 4 is 5.82 Å². The lowest BCUT2D eigenvalue weighted by Crippen LogP contribution is -2.16. The van der Waals surface area contributed by atoms with Gasteiger partial charge in [0.15, 0.2) is 5.82 Å². The van der Waals surface area contributed by atoms with Crippen molar-refractivity contribution in [2.75, 3.05) is 12.3 Å². The van der Waals surface area contributed by atoms with Crippen LogP contribution in [0.4, 0.5) is 5.82 Å². The van der Waals surface area contributed by atoms with E-state index in [4.69, 9.17) is 5.73 Å². The quantitative estimate of drug-likeness (QED) is 0.749. The van der Waals surface area contributed by atoms with Crippen molar-refractivity contribution in [3.63, 3.8) is 0 Å². The van der Waals surface area contributed by atoms with E-state index in [-0.39, 0.29) is 0 Å². The molecule has 3 aromatic rings. The number of nitrogens with two attached hydrogens (primary N) is 1. The van der Waals surface area contributed by atoms with E-state index >= 15 is 0 Å². The predicted octanol–water partition coefficient (Wildman–Crippen LogP) is 2.94. The highest BCUT2D eigenvalue weighted by atomic mass is 15.0. The molecule has 0 aromatic carbocycles. The van der Waals surface area contributed by atoms with E-state index in [1.54, 1.807) is 24.7 Å². The summed E-state index contributed by atoms with van der Waals surface area (Å²) in [6, 6.07) is 11.9. The molecule has 0 aliphatic carbocycles. The zero-order chi connectivity index (χ0) is 17.5. The first-order valence-corrected chi connectivity index (χ1v) is 8.42. The van der Waals surface area contributed by atoms with Gasteiger partial charge in [-0.3, -0.25) is 9.97 Å². The molecule has 0 saturated carbocycles. The highest BCUT2D eigenvalue weighted by Gasteiger charge is 2.08. The van der Waals surface area contributed by atoms with Crippen LogP contribution in [0.3, 0.4) is 0 Å². The third kappa shape index (κ3) is 4.81. The molecule has 4 rings (SSSR count). The fraction of sp³-hybridized carbons (Fsp3) is 0.263. The maximum Gasteiger partial charge on any atom is 0.180 e. The number of hydrogen-bond donors (Lipinski definition) is 2. The third-order valence-corrected chi connectivity index (χ3v) is 3.90. The number of nitrogens with zero attached hydrogens (tertiary/aromatic N) is 4. The fourth-order valence-electron chi connectivity index (χ4n) is 2.60. The second-order valence-electron chi connectivity index (χ2n) is 5.96. The Balaban J connectivity index is 0.000000258. The molecule has 3 N–H and O–H groups in total. The Hall–Kier alpha value is -2.86. The molecule has 1 unspecified atom stereocenters. The van der Waals surface area contributed by atoms with Crippen LogP contribution in [0.25, 0.3) is 22.8 Å². The van der Waals surface area contributed by atoms with Gasteiger partial charge in [0.05, 0.1) is 5.69 Å². The number of anilines is 1. The maximum absolute atomic E-state index is 5.83. The van der Waals surface area contributed by atoms with Gasteiger partial charge in [0.25, 0.3) is 0 Å². The molecule has 3 aromatic heterocycles. The molecule has 0 amide bonds. The first-order chi connectivity index (χ1) is 12.2. The van der Waals surface area contributed by atoms with E-state index in [1.807, 2.05) is 30.3 Å². The Labute approximate surface area is 147 Å². The van der Waals surface area contributed by atoms with Gasteiger partial charge >= 0.3 is 0 Å². The van der Waals surface area contributed by atoms with Gasteiger partial charge in [-0.05, 0) is 50.6 Å². The Bertz CT molecular complexity index is 728. The van der Waals surface area contributed by atoms with Crippen molar-refractivity contribution in [1.29, 1.82) is 0 Å². The lowest BCUT2D eigenvalue weighted by Gasteiger charge is -2.05. The van der Waals surface area contributed by atoms with Gasteiger partial charge < -0.3 is 11.1 Å². The molecule has 0 spiro atoms. The van der Waals surface area contributed by atoms with Crippen LogP contribution in [-0.4, -0.2) is 32.5 Å². The average molecular weight is 334 g/mol. The smallest absolute Gasteiger partial charge is 0.180 e. The van der Waals surface area contributed by atoms with Crippen molar-refractivity contribution in [3.8, 4) is 22.8 Å². The number of rotatable bonds is 2.